The zero-order valence-electron chi connectivity index (χ0n) is 17.4. The minimum absolute atomic E-state index is 0.0315. The zero-order valence-corrected chi connectivity index (χ0v) is 17.4. The van der Waals surface area contributed by atoms with E-state index in [2.05, 4.69) is 0 Å². The molecular weight excluding hydrogens is 436 g/mol. The van der Waals surface area contributed by atoms with Crippen LogP contribution in [0.5, 0.6) is 5.75 Å². The van der Waals surface area contributed by atoms with Gasteiger partial charge in [-0.15, -0.1) is 0 Å². The molecule has 2 aliphatic rings. The molecule has 7 nitrogen and oxygen atoms in total. The van der Waals surface area contributed by atoms with Crippen LogP contribution in [0.25, 0.3) is 11.0 Å². The maximum absolute atomic E-state index is 14.0. The van der Waals surface area contributed by atoms with Crippen molar-refractivity contribution < 1.29 is 28.7 Å². The van der Waals surface area contributed by atoms with Gasteiger partial charge in [-0.2, -0.15) is 0 Å². The Morgan fingerprint density at radius 1 is 0.647 bits per heavy atom. The first-order chi connectivity index (χ1) is 16.4. The molecule has 4 aromatic rings. The lowest BCUT2D eigenvalue weighted by Gasteiger charge is -2.30. The Hall–Kier alpha value is -4.65. The molecule has 6 rings (SSSR count). The Morgan fingerprint density at radius 2 is 1.12 bits per heavy atom. The second-order valence-corrected chi connectivity index (χ2v) is 8.33. The lowest BCUT2D eigenvalue weighted by Crippen LogP contribution is -2.52. The van der Waals surface area contributed by atoms with E-state index in [1.54, 1.807) is 24.3 Å². The molecule has 0 spiro atoms. The molecule has 34 heavy (non-hydrogen) atoms. The number of carbonyl (C=O) groups excluding carboxylic acids is 4. The van der Waals surface area contributed by atoms with Crippen molar-refractivity contribution in [3.05, 3.63) is 111 Å². The molecule has 0 atom stereocenters. The zero-order chi connectivity index (χ0) is 23.8. The van der Waals surface area contributed by atoms with Crippen molar-refractivity contribution in [2.75, 3.05) is 0 Å². The van der Waals surface area contributed by atoms with Crippen LogP contribution in [0, 0.1) is 5.92 Å². The Balaban J connectivity index is 1.76. The maximum atomic E-state index is 14.0. The first-order valence-corrected chi connectivity index (χ1v) is 10.5. The highest BCUT2D eigenvalue weighted by Gasteiger charge is 2.67. The van der Waals surface area contributed by atoms with Crippen LogP contribution in [0.15, 0.2) is 82.0 Å². The average molecular weight is 450 g/mol. The molecule has 0 aliphatic heterocycles. The molecular formula is C27H14O7. The number of aromatic hydroxyl groups is 1. The smallest absolute Gasteiger partial charge is 0.344 e. The van der Waals surface area contributed by atoms with Crippen LogP contribution < -0.4 is 5.63 Å². The van der Waals surface area contributed by atoms with Crippen LogP contribution in [0.1, 0.15) is 47.0 Å². The summed E-state index contributed by atoms with van der Waals surface area (Å²) in [5.74, 6) is -5.84. The average Bonchev–Trinajstić information content (AvgIpc) is 3.23. The summed E-state index contributed by atoms with van der Waals surface area (Å²) in [4.78, 5) is 68.4. The van der Waals surface area contributed by atoms with Crippen molar-refractivity contribution in [1.82, 2.24) is 0 Å². The first-order valence-electron chi connectivity index (χ1n) is 10.5. The van der Waals surface area contributed by atoms with Gasteiger partial charge in [0.2, 0.25) is 0 Å². The molecule has 7 heteroatoms. The number of para-hydroxylation sites is 1. The third-order valence-corrected chi connectivity index (χ3v) is 6.73. The van der Waals surface area contributed by atoms with E-state index in [1.165, 1.54) is 48.5 Å². The van der Waals surface area contributed by atoms with E-state index in [0.29, 0.717) is 0 Å². The summed E-state index contributed by atoms with van der Waals surface area (Å²) < 4.78 is 5.37. The molecule has 0 fully saturated rings. The molecule has 164 valence electrons. The predicted molar refractivity (Wildman–Crippen MR) is 120 cm³/mol. The number of fused-ring (bicyclic) bond motifs is 3. The van der Waals surface area contributed by atoms with Gasteiger partial charge >= 0.3 is 5.63 Å². The normalized spacial score (nSPS) is 16.8. The van der Waals surface area contributed by atoms with Gasteiger partial charge in [-0.1, -0.05) is 60.7 Å². The predicted octanol–water partition coefficient (Wildman–Crippen LogP) is 3.51. The summed E-state index contributed by atoms with van der Waals surface area (Å²) in [5, 5.41) is 11.3. The van der Waals surface area contributed by atoms with Crippen LogP contribution in [0.2, 0.25) is 0 Å². The standard InChI is InChI=1S/C27H14O7/c28-21-13-7-1-2-8-14(13)22(29)19(21)27(24(31)15-9-3-4-10-16(15)25(27)32)20-23(30)17-11-5-6-12-18(17)34-26(20)33/h1-12,19,30H. The van der Waals surface area contributed by atoms with Crippen molar-refractivity contribution in [1.29, 1.82) is 0 Å². The Kier molecular flexibility index (Phi) is 3.93. The fraction of sp³-hybridized carbons (Fsp3) is 0.0741. The van der Waals surface area contributed by atoms with Gasteiger partial charge in [-0.05, 0) is 12.1 Å². The summed E-state index contributed by atoms with van der Waals surface area (Å²) in [5.41, 5.74) is -4.37. The van der Waals surface area contributed by atoms with Crippen molar-refractivity contribution in [3.63, 3.8) is 0 Å². The van der Waals surface area contributed by atoms with Crippen LogP contribution >= 0.6 is 0 Å². The van der Waals surface area contributed by atoms with Gasteiger partial charge in [0.15, 0.2) is 23.1 Å². The molecule has 0 saturated heterocycles. The summed E-state index contributed by atoms with van der Waals surface area (Å²) in [6, 6.07) is 17.9. The molecule has 1 aromatic heterocycles. The fourth-order valence-electron chi connectivity index (χ4n) is 5.26. The Morgan fingerprint density at radius 3 is 1.68 bits per heavy atom. The monoisotopic (exact) mass is 450 g/mol. The lowest BCUT2D eigenvalue weighted by atomic mass is 9.64. The molecule has 1 N–H and O–H groups in total. The van der Waals surface area contributed by atoms with Crippen molar-refractivity contribution in [2.24, 2.45) is 5.92 Å². The highest BCUT2D eigenvalue weighted by atomic mass is 16.4. The van der Waals surface area contributed by atoms with Crippen LogP contribution in [0.4, 0.5) is 0 Å². The number of rotatable bonds is 2. The molecule has 0 saturated carbocycles. The first kappa shape index (κ1) is 20.0. The summed E-state index contributed by atoms with van der Waals surface area (Å²) in [6.45, 7) is 0. The fourth-order valence-corrected chi connectivity index (χ4v) is 5.26. The van der Waals surface area contributed by atoms with Gasteiger partial charge < -0.3 is 9.52 Å². The molecule has 0 amide bonds. The van der Waals surface area contributed by atoms with E-state index in [4.69, 9.17) is 4.42 Å². The van der Waals surface area contributed by atoms with E-state index >= 15 is 0 Å². The van der Waals surface area contributed by atoms with Crippen molar-refractivity contribution in [3.8, 4) is 5.75 Å². The minimum Gasteiger partial charge on any atom is -0.507 e. The van der Waals surface area contributed by atoms with Crippen molar-refractivity contribution in [2.45, 2.75) is 5.41 Å². The quantitative estimate of drug-likeness (QED) is 0.367. The SMILES string of the molecule is O=C1c2ccccc2C(=O)C1C1(c2c(O)c3ccccc3oc2=O)C(=O)c2ccccc2C1=O. The highest BCUT2D eigenvalue weighted by molar-refractivity contribution is 6.41. The second kappa shape index (κ2) is 6.68. The number of ketones is 4. The van der Waals surface area contributed by atoms with Gasteiger partial charge in [0.05, 0.1) is 5.39 Å². The topological polar surface area (TPSA) is 119 Å². The summed E-state index contributed by atoms with van der Waals surface area (Å²) in [7, 11) is 0. The van der Waals surface area contributed by atoms with E-state index in [9.17, 15) is 29.1 Å². The third-order valence-electron chi connectivity index (χ3n) is 6.73. The Bertz CT molecular complexity index is 1600. The lowest BCUT2D eigenvalue weighted by molar-refractivity contribution is 0.0606. The van der Waals surface area contributed by atoms with Gasteiger partial charge in [-0.25, -0.2) is 4.79 Å². The molecule has 2 aliphatic carbocycles. The molecule has 1 heterocycles. The van der Waals surface area contributed by atoms with Crippen LogP contribution in [-0.2, 0) is 5.41 Å². The highest BCUT2D eigenvalue weighted by Crippen LogP contribution is 2.51. The van der Waals surface area contributed by atoms with Crippen LogP contribution in [-0.4, -0.2) is 28.2 Å². The second-order valence-electron chi connectivity index (χ2n) is 8.33. The number of Topliss-reactive ketones (excluding diaryl/α,β-unsaturated/α-hetero) is 4. The van der Waals surface area contributed by atoms with E-state index in [-0.39, 0.29) is 33.2 Å². The van der Waals surface area contributed by atoms with Gasteiger partial charge in [-0.3, -0.25) is 19.2 Å². The number of hydrogen-bond acceptors (Lipinski definition) is 7. The van der Waals surface area contributed by atoms with E-state index in [1.807, 2.05) is 0 Å². The van der Waals surface area contributed by atoms with Gasteiger partial charge in [0.25, 0.3) is 0 Å². The Labute approximate surface area is 191 Å². The number of carbonyl (C=O) groups is 4. The number of hydrogen-bond donors (Lipinski definition) is 1. The molecule has 0 bridgehead atoms. The third kappa shape index (κ3) is 2.23. The summed E-state index contributed by atoms with van der Waals surface area (Å²) in [6.07, 6.45) is 0. The van der Waals surface area contributed by atoms with Crippen molar-refractivity contribution >= 4 is 34.1 Å². The molecule has 3 aromatic carbocycles. The van der Waals surface area contributed by atoms with Gasteiger partial charge in [0, 0.05) is 22.3 Å². The van der Waals surface area contributed by atoms with E-state index < -0.39 is 51.4 Å². The molecule has 0 unspecified atom stereocenters. The summed E-state index contributed by atoms with van der Waals surface area (Å²) >= 11 is 0. The largest absolute Gasteiger partial charge is 0.507 e. The maximum Gasteiger partial charge on any atom is 0.344 e. The van der Waals surface area contributed by atoms with Gasteiger partial charge in [0.1, 0.15) is 28.2 Å². The molecule has 0 radical (unpaired) electrons. The number of benzene rings is 3. The van der Waals surface area contributed by atoms with E-state index in [0.717, 1.165) is 0 Å². The minimum atomic E-state index is -2.59. The van der Waals surface area contributed by atoms with Crippen LogP contribution in [0.3, 0.4) is 0 Å².